The van der Waals surface area contributed by atoms with Crippen LogP contribution in [0.2, 0.25) is 5.15 Å². The molecule has 1 aliphatic carbocycles. The molecule has 1 fully saturated rings. The molecule has 0 amide bonds. The smallest absolute Gasteiger partial charge is 0.140 e. The van der Waals surface area contributed by atoms with E-state index in [9.17, 15) is 4.39 Å². The molecule has 0 aliphatic heterocycles. The number of aryl methyl sites for hydroxylation is 1. The molecule has 0 bridgehead atoms. The van der Waals surface area contributed by atoms with E-state index in [1.807, 2.05) is 26.0 Å². The van der Waals surface area contributed by atoms with Crippen molar-refractivity contribution in [3.63, 3.8) is 0 Å². The maximum atomic E-state index is 13.0. The van der Waals surface area contributed by atoms with Crippen molar-refractivity contribution >= 4 is 11.6 Å². The zero-order valence-electron chi connectivity index (χ0n) is 10.9. The standard InChI is InChI=1S/C15H14ClFN2/c1-9-10(2)18-14(19-13(9)16)15(7-8-15)11-3-5-12(17)6-4-11/h3-6H,7-8H2,1-2H3. The number of rotatable bonds is 2. The monoisotopic (exact) mass is 276 g/mol. The highest BCUT2D eigenvalue weighted by Gasteiger charge is 2.48. The molecule has 0 radical (unpaired) electrons. The van der Waals surface area contributed by atoms with E-state index < -0.39 is 0 Å². The van der Waals surface area contributed by atoms with E-state index in [1.54, 1.807) is 0 Å². The molecule has 2 aromatic rings. The summed E-state index contributed by atoms with van der Waals surface area (Å²) < 4.78 is 13.0. The fraction of sp³-hybridized carbons (Fsp3) is 0.333. The Morgan fingerprint density at radius 3 is 2.26 bits per heavy atom. The van der Waals surface area contributed by atoms with E-state index in [1.165, 1.54) is 12.1 Å². The van der Waals surface area contributed by atoms with Gasteiger partial charge in [-0.1, -0.05) is 23.7 Å². The van der Waals surface area contributed by atoms with Crippen molar-refractivity contribution in [1.29, 1.82) is 0 Å². The van der Waals surface area contributed by atoms with Crippen LogP contribution < -0.4 is 0 Å². The fourth-order valence-corrected chi connectivity index (χ4v) is 2.56. The van der Waals surface area contributed by atoms with Crippen LogP contribution >= 0.6 is 11.6 Å². The van der Waals surface area contributed by atoms with Gasteiger partial charge in [-0.15, -0.1) is 0 Å². The summed E-state index contributed by atoms with van der Waals surface area (Å²) in [6, 6.07) is 6.60. The number of aromatic nitrogens is 2. The molecule has 3 rings (SSSR count). The summed E-state index contributed by atoms with van der Waals surface area (Å²) in [5, 5.41) is 0.510. The van der Waals surface area contributed by atoms with Crippen molar-refractivity contribution in [3.05, 3.63) is 57.9 Å². The van der Waals surface area contributed by atoms with Gasteiger partial charge < -0.3 is 0 Å². The van der Waals surface area contributed by atoms with E-state index in [0.717, 1.165) is 35.5 Å². The largest absolute Gasteiger partial charge is 0.237 e. The normalized spacial score (nSPS) is 16.4. The zero-order chi connectivity index (χ0) is 13.6. The lowest BCUT2D eigenvalue weighted by molar-refractivity contribution is 0.625. The van der Waals surface area contributed by atoms with Crippen molar-refractivity contribution < 1.29 is 4.39 Å². The summed E-state index contributed by atoms with van der Waals surface area (Å²) in [5.41, 5.74) is 2.72. The summed E-state index contributed by atoms with van der Waals surface area (Å²) >= 11 is 6.15. The van der Waals surface area contributed by atoms with E-state index >= 15 is 0 Å². The second-order valence-corrected chi connectivity index (χ2v) is 5.50. The average molecular weight is 277 g/mol. The van der Waals surface area contributed by atoms with Crippen molar-refractivity contribution in [2.75, 3.05) is 0 Å². The van der Waals surface area contributed by atoms with Crippen LogP contribution in [0.1, 0.15) is 35.5 Å². The molecule has 0 atom stereocenters. The summed E-state index contributed by atoms with van der Waals surface area (Å²) in [6.45, 7) is 3.85. The molecule has 19 heavy (non-hydrogen) atoms. The van der Waals surface area contributed by atoms with Crippen LogP contribution in [0.15, 0.2) is 24.3 Å². The Morgan fingerprint density at radius 2 is 1.74 bits per heavy atom. The second-order valence-electron chi connectivity index (χ2n) is 5.14. The van der Waals surface area contributed by atoms with Gasteiger partial charge in [0.1, 0.15) is 16.8 Å². The first kappa shape index (κ1) is 12.5. The van der Waals surface area contributed by atoms with Crippen molar-refractivity contribution in [2.24, 2.45) is 0 Å². The third-order valence-corrected chi connectivity index (χ3v) is 4.27. The van der Waals surface area contributed by atoms with Gasteiger partial charge in [0, 0.05) is 11.3 Å². The molecule has 1 aromatic carbocycles. The fourth-order valence-electron chi connectivity index (χ4n) is 2.34. The predicted octanol–water partition coefficient (Wildman–Crippen LogP) is 3.97. The molecule has 4 heteroatoms. The summed E-state index contributed by atoms with van der Waals surface area (Å²) in [5.74, 6) is 0.533. The summed E-state index contributed by atoms with van der Waals surface area (Å²) in [4.78, 5) is 9.00. The highest BCUT2D eigenvalue weighted by Crippen LogP contribution is 2.52. The Bertz CT molecular complexity index is 610. The lowest BCUT2D eigenvalue weighted by Crippen LogP contribution is -2.15. The molecule has 0 spiro atoms. The Morgan fingerprint density at radius 1 is 1.11 bits per heavy atom. The third kappa shape index (κ3) is 2.02. The third-order valence-electron chi connectivity index (χ3n) is 3.90. The zero-order valence-corrected chi connectivity index (χ0v) is 11.6. The molecule has 2 nitrogen and oxygen atoms in total. The first-order valence-corrected chi connectivity index (χ1v) is 6.68. The number of nitrogens with zero attached hydrogens (tertiary/aromatic N) is 2. The quantitative estimate of drug-likeness (QED) is 0.776. The van der Waals surface area contributed by atoms with Gasteiger partial charge in [-0.05, 0) is 44.4 Å². The van der Waals surface area contributed by atoms with Gasteiger partial charge in [0.15, 0.2) is 0 Å². The first-order valence-electron chi connectivity index (χ1n) is 6.30. The van der Waals surface area contributed by atoms with Crippen LogP contribution in [0, 0.1) is 19.7 Å². The molecule has 0 saturated heterocycles. The molecule has 98 valence electrons. The van der Waals surface area contributed by atoms with E-state index in [0.29, 0.717) is 5.15 Å². The van der Waals surface area contributed by atoms with E-state index in [2.05, 4.69) is 9.97 Å². The van der Waals surface area contributed by atoms with Crippen molar-refractivity contribution in [3.8, 4) is 0 Å². The SMILES string of the molecule is Cc1nc(C2(c3ccc(F)cc3)CC2)nc(Cl)c1C. The molecule has 0 unspecified atom stereocenters. The molecule has 0 N–H and O–H groups in total. The van der Waals surface area contributed by atoms with Crippen molar-refractivity contribution in [1.82, 2.24) is 9.97 Å². The summed E-state index contributed by atoms with van der Waals surface area (Å²) in [7, 11) is 0. The molecule has 1 aliphatic rings. The number of hydrogen-bond acceptors (Lipinski definition) is 2. The second kappa shape index (κ2) is 4.27. The number of halogens is 2. The topological polar surface area (TPSA) is 25.8 Å². The van der Waals surface area contributed by atoms with Gasteiger partial charge >= 0.3 is 0 Å². The number of hydrogen-bond donors (Lipinski definition) is 0. The molecule has 1 heterocycles. The van der Waals surface area contributed by atoms with Crippen LogP contribution in [0.4, 0.5) is 4.39 Å². The van der Waals surface area contributed by atoms with Crippen LogP contribution in [0.25, 0.3) is 0 Å². The van der Waals surface area contributed by atoms with Crippen molar-refractivity contribution in [2.45, 2.75) is 32.1 Å². The molecular formula is C15H14ClFN2. The van der Waals surface area contributed by atoms with Gasteiger partial charge in [0.05, 0.1) is 5.41 Å². The molecule has 1 saturated carbocycles. The maximum absolute atomic E-state index is 13.0. The van der Waals surface area contributed by atoms with Crippen LogP contribution in [0.3, 0.4) is 0 Å². The Kier molecular flexibility index (Phi) is 2.82. The molecule has 1 aromatic heterocycles. The average Bonchev–Trinajstić information content (AvgIpc) is 3.18. The van der Waals surface area contributed by atoms with Gasteiger partial charge in [-0.25, -0.2) is 14.4 Å². The predicted molar refractivity (Wildman–Crippen MR) is 72.9 cm³/mol. The number of benzene rings is 1. The maximum Gasteiger partial charge on any atom is 0.140 e. The Labute approximate surface area is 116 Å². The van der Waals surface area contributed by atoms with Crippen LogP contribution in [0.5, 0.6) is 0 Å². The highest BCUT2D eigenvalue weighted by atomic mass is 35.5. The van der Waals surface area contributed by atoms with Gasteiger partial charge in [0.2, 0.25) is 0 Å². The van der Waals surface area contributed by atoms with E-state index in [-0.39, 0.29) is 11.2 Å². The highest BCUT2D eigenvalue weighted by molar-refractivity contribution is 6.30. The minimum Gasteiger partial charge on any atom is -0.237 e. The molecular weight excluding hydrogens is 263 g/mol. The Hall–Kier alpha value is -1.48. The summed E-state index contributed by atoms with van der Waals surface area (Å²) in [6.07, 6.45) is 1.97. The first-order chi connectivity index (χ1) is 9.03. The van der Waals surface area contributed by atoms with Gasteiger partial charge in [-0.3, -0.25) is 0 Å². The van der Waals surface area contributed by atoms with Gasteiger partial charge in [0.25, 0.3) is 0 Å². The van der Waals surface area contributed by atoms with Crippen LogP contribution in [-0.2, 0) is 5.41 Å². The van der Waals surface area contributed by atoms with E-state index in [4.69, 9.17) is 11.6 Å². The van der Waals surface area contributed by atoms with Gasteiger partial charge in [-0.2, -0.15) is 0 Å². The lowest BCUT2D eigenvalue weighted by atomic mass is 9.95. The Balaban J connectivity index is 2.08. The minimum atomic E-state index is -0.224. The van der Waals surface area contributed by atoms with Crippen LogP contribution in [-0.4, -0.2) is 9.97 Å². The lowest BCUT2D eigenvalue weighted by Gasteiger charge is -2.16. The minimum absolute atomic E-state index is 0.171.